The molecule has 3 nitrogen and oxygen atoms in total. The zero-order valence-corrected chi connectivity index (χ0v) is 16.2. The lowest BCUT2D eigenvalue weighted by Gasteiger charge is -2.39. The smallest absolute Gasteiger partial charge is 0.270 e. The fourth-order valence-corrected chi connectivity index (χ4v) is 6.49. The second-order valence-corrected chi connectivity index (χ2v) is 10.2. The van der Waals surface area contributed by atoms with Crippen LogP contribution < -0.4 is 0 Å². The first-order chi connectivity index (χ1) is 11.2. The summed E-state index contributed by atoms with van der Waals surface area (Å²) in [5, 5.41) is 3.32. The largest absolute Gasteiger partial charge is 0.334 e. The maximum Gasteiger partial charge on any atom is 0.270 e. The van der Waals surface area contributed by atoms with Crippen molar-refractivity contribution in [3.8, 4) is 0 Å². The Balaban J connectivity index is 1.72. The molecule has 1 saturated carbocycles. The predicted molar refractivity (Wildman–Crippen MR) is 101 cm³/mol. The molecular weight excluding hydrogens is 316 g/mol. The number of carbonyl (C=O) groups is 1. The van der Waals surface area contributed by atoms with Gasteiger partial charge in [-0.2, -0.15) is 0 Å². The van der Waals surface area contributed by atoms with Gasteiger partial charge in [0.2, 0.25) is 0 Å². The molecule has 4 heteroatoms. The highest BCUT2D eigenvalue weighted by Crippen LogP contribution is 2.52. The lowest BCUT2D eigenvalue weighted by atomic mass is 9.65. The minimum atomic E-state index is 0.235. The van der Waals surface area contributed by atoms with Gasteiger partial charge in [0.15, 0.2) is 0 Å². The average molecular weight is 345 g/mol. The monoisotopic (exact) mass is 344 g/mol. The molecule has 4 rings (SSSR count). The Bertz CT molecular complexity index is 800. The van der Waals surface area contributed by atoms with E-state index in [-0.39, 0.29) is 11.3 Å². The number of rotatable bonds is 2. The van der Waals surface area contributed by atoms with Crippen LogP contribution in [0.15, 0.2) is 17.5 Å². The number of fused-ring (bicyclic) bond motifs is 3. The lowest BCUT2D eigenvalue weighted by molar-refractivity contribution is 0.0696. The predicted octanol–water partition coefficient (Wildman–Crippen LogP) is 5.32. The first-order valence-corrected chi connectivity index (χ1v) is 9.97. The van der Waals surface area contributed by atoms with Gasteiger partial charge in [0.1, 0.15) is 10.5 Å². The highest BCUT2D eigenvalue weighted by atomic mass is 32.1. The van der Waals surface area contributed by atoms with E-state index in [1.807, 2.05) is 0 Å². The molecule has 0 spiro atoms. The van der Waals surface area contributed by atoms with Crippen LogP contribution in [-0.4, -0.2) is 28.0 Å². The summed E-state index contributed by atoms with van der Waals surface area (Å²) in [7, 11) is 0. The van der Waals surface area contributed by atoms with Crippen LogP contribution in [0.3, 0.4) is 0 Å². The van der Waals surface area contributed by atoms with Crippen LogP contribution in [0.4, 0.5) is 0 Å². The van der Waals surface area contributed by atoms with Gasteiger partial charge in [-0.3, -0.25) is 4.79 Å². The summed E-state index contributed by atoms with van der Waals surface area (Å²) in [6.45, 7) is 12.3. The van der Waals surface area contributed by atoms with Crippen LogP contribution in [-0.2, 0) is 0 Å². The Morgan fingerprint density at radius 1 is 1.29 bits per heavy atom. The van der Waals surface area contributed by atoms with E-state index in [0.717, 1.165) is 18.7 Å². The van der Waals surface area contributed by atoms with E-state index in [1.54, 1.807) is 11.3 Å². The average Bonchev–Trinajstić information content (AvgIpc) is 3.06. The Morgan fingerprint density at radius 2 is 2.04 bits per heavy atom. The summed E-state index contributed by atoms with van der Waals surface area (Å²) in [6, 6.07) is 4.93. The fraction of sp³-hybridized carbons (Fsp3) is 0.650. The quantitative estimate of drug-likeness (QED) is 0.723. The molecule has 3 heterocycles. The van der Waals surface area contributed by atoms with Gasteiger partial charge in [-0.15, -0.1) is 11.3 Å². The van der Waals surface area contributed by atoms with Crippen molar-refractivity contribution in [2.24, 2.45) is 10.8 Å². The standard InChI is InChI=1S/C20H28N2OS/c1-13(2)22-16(8-14-6-7-24-18(14)22)17(23)21-12-20(5)10-15(21)9-19(3,4)11-20/h6-8,13,15H,9-12H2,1-5H3. The number of nitrogens with zero attached hydrogens (tertiary/aromatic N) is 2. The summed E-state index contributed by atoms with van der Waals surface area (Å²) in [4.78, 5) is 16.9. The van der Waals surface area contributed by atoms with Gasteiger partial charge < -0.3 is 9.47 Å². The number of hydrogen-bond donors (Lipinski definition) is 0. The topological polar surface area (TPSA) is 25.2 Å². The van der Waals surface area contributed by atoms with Crippen LogP contribution >= 0.6 is 11.3 Å². The molecule has 0 radical (unpaired) electrons. The van der Waals surface area contributed by atoms with Crippen LogP contribution in [0.2, 0.25) is 0 Å². The Labute approximate surface area is 148 Å². The molecule has 2 aromatic rings. The number of aromatic nitrogens is 1. The van der Waals surface area contributed by atoms with Crippen molar-refractivity contribution >= 4 is 27.5 Å². The number of hydrogen-bond acceptors (Lipinski definition) is 2. The molecule has 2 bridgehead atoms. The summed E-state index contributed by atoms with van der Waals surface area (Å²) >= 11 is 1.73. The summed E-state index contributed by atoms with van der Waals surface area (Å²) in [6.07, 6.45) is 3.52. The number of likely N-dealkylation sites (tertiary alicyclic amines) is 1. The molecular formula is C20H28N2OS. The third-order valence-corrected chi connectivity index (χ3v) is 6.78. The minimum absolute atomic E-state index is 0.235. The summed E-state index contributed by atoms with van der Waals surface area (Å²) in [5.74, 6) is 0.235. The number of amides is 1. The molecule has 1 aliphatic carbocycles. The van der Waals surface area contributed by atoms with E-state index >= 15 is 0 Å². The molecule has 2 atom stereocenters. The van der Waals surface area contributed by atoms with Crippen molar-refractivity contribution in [2.75, 3.05) is 6.54 Å². The number of carbonyl (C=O) groups excluding carboxylic acids is 1. The molecule has 1 amide bonds. The molecule has 130 valence electrons. The van der Waals surface area contributed by atoms with Gasteiger partial charge >= 0.3 is 0 Å². The van der Waals surface area contributed by atoms with E-state index in [0.29, 0.717) is 17.5 Å². The molecule has 1 saturated heterocycles. The van der Waals surface area contributed by atoms with E-state index in [1.165, 1.54) is 23.1 Å². The summed E-state index contributed by atoms with van der Waals surface area (Å²) < 4.78 is 2.23. The van der Waals surface area contributed by atoms with Gasteiger partial charge in [0, 0.05) is 24.0 Å². The first kappa shape index (κ1) is 16.2. The van der Waals surface area contributed by atoms with Crippen LogP contribution in [0, 0.1) is 10.8 Å². The van der Waals surface area contributed by atoms with E-state index < -0.39 is 0 Å². The maximum absolute atomic E-state index is 13.4. The zero-order chi connectivity index (χ0) is 17.3. The van der Waals surface area contributed by atoms with Crippen molar-refractivity contribution < 1.29 is 4.79 Å². The van der Waals surface area contributed by atoms with E-state index in [4.69, 9.17) is 0 Å². The molecule has 2 aliphatic rings. The second-order valence-electron chi connectivity index (χ2n) is 9.32. The van der Waals surface area contributed by atoms with E-state index in [9.17, 15) is 4.79 Å². The zero-order valence-electron chi connectivity index (χ0n) is 15.4. The minimum Gasteiger partial charge on any atom is -0.334 e. The highest BCUT2D eigenvalue weighted by Gasteiger charge is 2.51. The van der Waals surface area contributed by atoms with Gasteiger partial charge in [0.25, 0.3) is 5.91 Å². The normalized spacial score (nSPS) is 28.9. The van der Waals surface area contributed by atoms with Crippen LogP contribution in [0.5, 0.6) is 0 Å². The molecule has 2 fully saturated rings. The third-order valence-electron chi connectivity index (χ3n) is 5.86. The maximum atomic E-state index is 13.4. The molecule has 0 aromatic carbocycles. The summed E-state index contributed by atoms with van der Waals surface area (Å²) in [5.41, 5.74) is 1.50. The van der Waals surface area contributed by atoms with Crippen molar-refractivity contribution in [2.45, 2.75) is 66.0 Å². The Morgan fingerprint density at radius 3 is 2.75 bits per heavy atom. The van der Waals surface area contributed by atoms with Gasteiger partial charge in [-0.05, 0) is 61.5 Å². The number of thiophene rings is 1. The molecule has 24 heavy (non-hydrogen) atoms. The highest BCUT2D eigenvalue weighted by molar-refractivity contribution is 7.16. The lowest BCUT2D eigenvalue weighted by Crippen LogP contribution is -2.38. The van der Waals surface area contributed by atoms with Crippen molar-refractivity contribution in [1.82, 2.24) is 9.47 Å². The fourth-order valence-electron chi connectivity index (χ4n) is 5.47. The van der Waals surface area contributed by atoms with Crippen molar-refractivity contribution in [3.63, 3.8) is 0 Å². The molecule has 2 aromatic heterocycles. The van der Waals surface area contributed by atoms with Crippen LogP contribution in [0.25, 0.3) is 10.2 Å². The van der Waals surface area contributed by atoms with Crippen LogP contribution in [0.1, 0.15) is 70.4 Å². The van der Waals surface area contributed by atoms with E-state index in [2.05, 4.69) is 61.6 Å². The van der Waals surface area contributed by atoms with Gasteiger partial charge in [-0.1, -0.05) is 20.8 Å². The van der Waals surface area contributed by atoms with Gasteiger partial charge in [-0.25, -0.2) is 0 Å². The molecule has 0 N–H and O–H groups in total. The van der Waals surface area contributed by atoms with Crippen molar-refractivity contribution in [3.05, 3.63) is 23.2 Å². The Kier molecular flexibility index (Phi) is 3.44. The molecule has 2 unspecified atom stereocenters. The molecule has 1 aliphatic heterocycles. The Hall–Kier alpha value is -1.29. The first-order valence-electron chi connectivity index (χ1n) is 9.09. The van der Waals surface area contributed by atoms with Gasteiger partial charge in [0.05, 0.1) is 0 Å². The van der Waals surface area contributed by atoms with Crippen molar-refractivity contribution in [1.29, 1.82) is 0 Å². The SMILES string of the molecule is CC(C)n1c(C(=O)N2CC3(C)CC2CC(C)(C)C3)cc2ccsc21. The third kappa shape index (κ3) is 2.42. The second kappa shape index (κ2) is 5.10.